The van der Waals surface area contributed by atoms with E-state index < -0.39 is 0 Å². The smallest absolute Gasteiger partial charge is 0.310 e. The largest absolute Gasteiger partial charge is 0.434 e. The van der Waals surface area contributed by atoms with Crippen molar-refractivity contribution in [3.63, 3.8) is 0 Å². The molecule has 0 heterocycles. The van der Waals surface area contributed by atoms with Gasteiger partial charge in [0.1, 0.15) is 0 Å². The van der Waals surface area contributed by atoms with Gasteiger partial charge in [0.2, 0.25) is 0 Å². The lowest BCUT2D eigenvalue weighted by atomic mass is 10.1. The van der Waals surface area contributed by atoms with Gasteiger partial charge in [0, 0.05) is 6.42 Å². The highest BCUT2D eigenvalue weighted by atomic mass is 16.5. The molecule has 0 rings (SSSR count). The molecule has 0 amide bonds. The molecule has 0 aromatic carbocycles. The molecule has 0 bridgehead atoms. The van der Waals surface area contributed by atoms with Crippen LogP contribution in [0.25, 0.3) is 0 Å². The summed E-state index contributed by atoms with van der Waals surface area (Å²) in [5, 5.41) is 0. The summed E-state index contributed by atoms with van der Waals surface area (Å²) in [5.74, 6) is -0.117. The van der Waals surface area contributed by atoms with E-state index in [1.165, 1.54) is 115 Å². The summed E-state index contributed by atoms with van der Waals surface area (Å²) in [6, 6.07) is 0. The molecule has 0 aromatic rings. The molecular formula is C30H54O2. The first-order valence-corrected chi connectivity index (χ1v) is 14.0. The lowest BCUT2D eigenvalue weighted by Gasteiger charge is -2.01. The summed E-state index contributed by atoms with van der Waals surface area (Å²) >= 11 is 0. The summed E-state index contributed by atoms with van der Waals surface area (Å²) in [6.45, 7) is 4.53. The predicted octanol–water partition coefficient (Wildman–Crippen LogP) is 10.4. The van der Waals surface area contributed by atoms with Crippen molar-refractivity contribution in [2.75, 3.05) is 0 Å². The van der Waals surface area contributed by atoms with Crippen LogP contribution in [0, 0.1) is 0 Å². The molecule has 0 spiro atoms. The molecule has 0 fully saturated rings. The number of hydrogen-bond donors (Lipinski definition) is 0. The van der Waals surface area contributed by atoms with Gasteiger partial charge < -0.3 is 4.74 Å². The highest BCUT2D eigenvalue weighted by molar-refractivity contribution is 5.69. The number of rotatable bonds is 24. The lowest BCUT2D eigenvalue weighted by Crippen LogP contribution is -1.98. The Bertz CT molecular complexity index is 461. The molecule has 0 aliphatic carbocycles. The third-order valence-electron chi connectivity index (χ3n) is 5.96. The topological polar surface area (TPSA) is 26.3 Å². The molecule has 32 heavy (non-hydrogen) atoms. The molecule has 0 aromatic heterocycles. The summed E-state index contributed by atoms with van der Waals surface area (Å²) < 4.78 is 5.14. The molecule has 0 saturated heterocycles. The van der Waals surface area contributed by atoms with E-state index in [0.717, 1.165) is 19.3 Å². The number of unbranched alkanes of at least 4 members (excludes halogenated alkanes) is 18. The minimum atomic E-state index is -0.117. The first kappa shape index (κ1) is 30.7. The number of allylic oxidation sites excluding steroid dienone is 5. The normalized spacial score (nSPS) is 11.9. The second-order valence-corrected chi connectivity index (χ2v) is 9.18. The highest BCUT2D eigenvalue weighted by Crippen LogP contribution is 2.12. The number of carbonyl (C=O) groups is 1. The summed E-state index contributed by atoms with van der Waals surface area (Å²) in [5.41, 5.74) is 0. The van der Waals surface area contributed by atoms with Crippen LogP contribution in [0.5, 0.6) is 0 Å². The van der Waals surface area contributed by atoms with Crippen LogP contribution in [-0.2, 0) is 9.53 Å². The predicted molar refractivity (Wildman–Crippen MR) is 142 cm³/mol. The van der Waals surface area contributed by atoms with E-state index in [4.69, 9.17) is 4.74 Å². The summed E-state index contributed by atoms with van der Waals surface area (Å²) in [6.07, 6.45) is 38.4. The second kappa shape index (κ2) is 27.7. The summed E-state index contributed by atoms with van der Waals surface area (Å²) in [4.78, 5) is 11.7. The molecule has 186 valence electrons. The Morgan fingerprint density at radius 2 is 0.969 bits per heavy atom. The van der Waals surface area contributed by atoms with Gasteiger partial charge in [-0.1, -0.05) is 147 Å². The van der Waals surface area contributed by atoms with Gasteiger partial charge in [0.15, 0.2) is 0 Å². The van der Waals surface area contributed by atoms with Gasteiger partial charge in [0.25, 0.3) is 0 Å². The first-order valence-electron chi connectivity index (χ1n) is 14.0. The van der Waals surface area contributed by atoms with Crippen LogP contribution in [0.15, 0.2) is 36.6 Å². The fourth-order valence-electron chi connectivity index (χ4n) is 3.85. The van der Waals surface area contributed by atoms with Crippen LogP contribution in [0.2, 0.25) is 0 Å². The van der Waals surface area contributed by atoms with Crippen LogP contribution in [0.4, 0.5) is 0 Å². The molecule has 2 nitrogen and oxygen atoms in total. The molecule has 0 N–H and O–H groups in total. The van der Waals surface area contributed by atoms with Gasteiger partial charge in [-0.05, 0) is 25.3 Å². The van der Waals surface area contributed by atoms with E-state index in [0.29, 0.717) is 6.42 Å². The molecule has 0 atom stereocenters. The van der Waals surface area contributed by atoms with Crippen molar-refractivity contribution >= 4 is 5.97 Å². The minimum absolute atomic E-state index is 0.117. The first-order chi connectivity index (χ1) is 15.8. The third-order valence-corrected chi connectivity index (χ3v) is 5.96. The van der Waals surface area contributed by atoms with E-state index in [1.807, 2.05) is 12.2 Å². The van der Waals surface area contributed by atoms with Crippen molar-refractivity contribution in [1.82, 2.24) is 0 Å². The number of hydrogen-bond acceptors (Lipinski definition) is 2. The Labute approximate surface area is 201 Å². The highest BCUT2D eigenvalue weighted by Gasteiger charge is 2.00. The van der Waals surface area contributed by atoms with Crippen molar-refractivity contribution in [2.24, 2.45) is 0 Å². The fraction of sp³-hybridized carbons (Fsp3) is 0.767. The molecule has 0 unspecified atom stereocenters. The van der Waals surface area contributed by atoms with E-state index in [9.17, 15) is 4.79 Å². The molecule has 0 aliphatic heterocycles. The van der Waals surface area contributed by atoms with Gasteiger partial charge in [-0.2, -0.15) is 0 Å². The Morgan fingerprint density at radius 3 is 1.50 bits per heavy atom. The van der Waals surface area contributed by atoms with E-state index in [2.05, 4.69) is 26.0 Å². The zero-order valence-electron chi connectivity index (χ0n) is 21.6. The number of esters is 1. The third kappa shape index (κ3) is 26.7. The Kier molecular flexibility index (Phi) is 26.6. The van der Waals surface area contributed by atoms with E-state index >= 15 is 0 Å². The maximum Gasteiger partial charge on any atom is 0.310 e. The number of carbonyl (C=O) groups excluding carboxylic acids is 1. The average Bonchev–Trinajstić information content (AvgIpc) is 2.80. The van der Waals surface area contributed by atoms with Gasteiger partial charge in [-0.25, -0.2) is 0 Å². The maximum absolute atomic E-state index is 11.7. The van der Waals surface area contributed by atoms with Crippen molar-refractivity contribution in [2.45, 2.75) is 149 Å². The van der Waals surface area contributed by atoms with Crippen molar-refractivity contribution < 1.29 is 9.53 Å². The average molecular weight is 447 g/mol. The standard InChI is InChI=1S/C30H54O2/c1-3-5-7-9-11-13-14-15-16-17-18-19-21-23-25-27-29-32-30(31)28-26-24-22-20-12-10-8-6-4-2/h19,21,23,25,27,29H,3-18,20,22,24,26,28H2,1-2H3. The number of ether oxygens (including phenoxy) is 1. The molecular weight excluding hydrogens is 392 g/mol. The SMILES string of the molecule is CCCCCCCCCCCCC=CC=CC=COC(=O)CCCCCCCCCCC. The van der Waals surface area contributed by atoms with Crippen LogP contribution in [0.1, 0.15) is 149 Å². The fourth-order valence-corrected chi connectivity index (χ4v) is 3.85. The second-order valence-electron chi connectivity index (χ2n) is 9.18. The van der Waals surface area contributed by atoms with Crippen LogP contribution in [0.3, 0.4) is 0 Å². The van der Waals surface area contributed by atoms with E-state index in [-0.39, 0.29) is 5.97 Å². The Balaban J connectivity index is 3.39. The molecule has 2 heteroatoms. The van der Waals surface area contributed by atoms with Gasteiger partial charge in [0.05, 0.1) is 6.26 Å². The zero-order valence-corrected chi connectivity index (χ0v) is 21.6. The van der Waals surface area contributed by atoms with Gasteiger partial charge in [-0.3, -0.25) is 4.79 Å². The maximum atomic E-state index is 11.7. The van der Waals surface area contributed by atoms with Gasteiger partial charge in [-0.15, -0.1) is 0 Å². The van der Waals surface area contributed by atoms with Crippen molar-refractivity contribution in [3.05, 3.63) is 36.6 Å². The van der Waals surface area contributed by atoms with E-state index in [1.54, 1.807) is 6.08 Å². The van der Waals surface area contributed by atoms with Crippen LogP contribution in [-0.4, -0.2) is 5.97 Å². The van der Waals surface area contributed by atoms with Crippen molar-refractivity contribution in [1.29, 1.82) is 0 Å². The molecule has 0 saturated carbocycles. The Morgan fingerprint density at radius 1 is 0.531 bits per heavy atom. The lowest BCUT2D eigenvalue weighted by molar-refractivity contribution is -0.138. The minimum Gasteiger partial charge on any atom is -0.434 e. The quantitative estimate of drug-likeness (QED) is 0.0637. The molecule has 0 aliphatic rings. The monoisotopic (exact) mass is 446 g/mol. The van der Waals surface area contributed by atoms with Crippen LogP contribution >= 0.6 is 0 Å². The zero-order chi connectivity index (χ0) is 23.4. The Hall–Kier alpha value is -1.31. The summed E-state index contributed by atoms with van der Waals surface area (Å²) in [7, 11) is 0. The molecule has 0 radical (unpaired) electrons. The van der Waals surface area contributed by atoms with Crippen molar-refractivity contribution in [3.8, 4) is 0 Å². The van der Waals surface area contributed by atoms with Gasteiger partial charge >= 0.3 is 5.97 Å². The van der Waals surface area contributed by atoms with Crippen LogP contribution < -0.4 is 0 Å².